The first kappa shape index (κ1) is 9.64. The first-order valence-electron chi connectivity index (χ1n) is 2.60. The lowest BCUT2D eigenvalue weighted by Gasteiger charge is -2.04. The Balaban J connectivity index is 3.44. The first-order chi connectivity index (χ1) is 4.85. The Morgan fingerprint density at radius 1 is 1.40 bits per heavy atom. The van der Waals surface area contributed by atoms with Gasteiger partial charge in [-0.05, 0) is 23.5 Å². The molecule has 0 aliphatic rings. The Morgan fingerprint density at radius 2 is 2.10 bits per heavy atom. The van der Waals surface area contributed by atoms with Crippen LogP contribution in [-0.4, -0.2) is 17.5 Å². The lowest BCUT2D eigenvalue weighted by atomic mass is 10.5. The number of thiocyanates is 2. The number of nitrogens with zero attached hydrogens (tertiary/aromatic N) is 2. The number of thioether (sulfide) groups is 2. The molecule has 0 aliphatic carbocycles. The molecule has 0 bridgehead atoms. The van der Waals surface area contributed by atoms with Crippen LogP contribution >= 0.6 is 23.5 Å². The first-order valence-corrected chi connectivity index (χ1v) is 4.47. The van der Waals surface area contributed by atoms with E-state index in [4.69, 9.17) is 16.3 Å². The van der Waals surface area contributed by atoms with Crippen LogP contribution in [0.15, 0.2) is 0 Å². The standard InChI is InChI=1S/C5H7N3S2/c6-1-5(10-4-8)2-9-3-7/h5H,1-2,6H2. The van der Waals surface area contributed by atoms with Gasteiger partial charge in [-0.15, -0.1) is 0 Å². The highest BCUT2D eigenvalue weighted by atomic mass is 32.2. The summed E-state index contributed by atoms with van der Waals surface area (Å²) in [6, 6.07) is 0. The van der Waals surface area contributed by atoms with Crippen LogP contribution in [-0.2, 0) is 0 Å². The van der Waals surface area contributed by atoms with Gasteiger partial charge in [-0.2, -0.15) is 10.5 Å². The summed E-state index contributed by atoms with van der Waals surface area (Å²) in [7, 11) is 0. The van der Waals surface area contributed by atoms with Crippen molar-refractivity contribution in [2.45, 2.75) is 5.25 Å². The van der Waals surface area contributed by atoms with Gasteiger partial charge in [0.25, 0.3) is 0 Å². The highest BCUT2D eigenvalue weighted by molar-refractivity contribution is 8.07. The third-order valence-electron chi connectivity index (χ3n) is 0.816. The molecule has 0 saturated heterocycles. The molecule has 1 unspecified atom stereocenters. The van der Waals surface area contributed by atoms with Gasteiger partial charge in [0.2, 0.25) is 0 Å². The van der Waals surface area contributed by atoms with Gasteiger partial charge in [-0.3, -0.25) is 0 Å². The summed E-state index contributed by atoms with van der Waals surface area (Å²) in [5.41, 5.74) is 5.30. The van der Waals surface area contributed by atoms with Crippen LogP contribution in [0.2, 0.25) is 0 Å². The van der Waals surface area contributed by atoms with E-state index in [1.165, 1.54) is 0 Å². The average Bonchev–Trinajstić information content (AvgIpc) is 1.98. The Labute approximate surface area is 68.6 Å². The zero-order valence-electron chi connectivity index (χ0n) is 5.28. The molecule has 0 amide bonds. The molecule has 1 atom stereocenters. The second-order valence-corrected chi connectivity index (χ2v) is 3.36. The highest BCUT2D eigenvalue weighted by Gasteiger charge is 2.05. The van der Waals surface area contributed by atoms with E-state index >= 15 is 0 Å². The summed E-state index contributed by atoms with van der Waals surface area (Å²) in [6.45, 7) is 0.451. The molecule has 0 aromatic heterocycles. The Hall–Kier alpha value is -0.360. The fourth-order valence-corrected chi connectivity index (χ4v) is 1.47. The second-order valence-electron chi connectivity index (χ2n) is 1.47. The van der Waals surface area contributed by atoms with Crippen molar-refractivity contribution in [1.82, 2.24) is 0 Å². The van der Waals surface area contributed by atoms with E-state index in [-0.39, 0.29) is 5.25 Å². The minimum atomic E-state index is 0.0923. The smallest absolute Gasteiger partial charge is 0.133 e. The van der Waals surface area contributed by atoms with Crippen LogP contribution in [0.5, 0.6) is 0 Å². The van der Waals surface area contributed by atoms with Crippen molar-refractivity contribution in [3.05, 3.63) is 0 Å². The fraction of sp³-hybridized carbons (Fsp3) is 0.600. The molecule has 3 nitrogen and oxygen atoms in total. The lowest BCUT2D eigenvalue weighted by molar-refractivity contribution is 0.968. The zero-order chi connectivity index (χ0) is 7.82. The van der Waals surface area contributed by atoms with Gasteiger partial charge in [-0.25, -0.2) is 0 Å². The summed E-state index contributed by atoms with van der Waals surface area (Å²) in [4.78, 5) is 0. The van der Waals surface area contributed by atoms with E-state index in [0.717, 1.165) is 23.5 Å². The van der Waals surface area contributed by atoms with Crippen LogP contribution < -0.4 is 5.73 Å². The zero-order valence-corrected chi connectivity index (χ0v) is 6.91. The largest absolute Gasteiger partial charge is 0.329 e. The predicted molar refractivity (Wildman–Crippen MR) is 44.1 cm³/mol. The van der Waals surface area contributed by atoms with Crippen molar-refractivity contribution in [3.63, 3.8) is 0 Å². The molecular formula is C5H7N3S2. The Morgan fingerprint density at radius 3 is 2.50 bits per heavy atom. The summed E-state index contributed by atoms with van der Waals surface area (Å²) in [6.07, 6.45) is 0. The van der Waals surface area contributed by atoms with Crippen LogP contribution in [0.3, 0.4) is 0 Å². The molecule has 0 spiro atoms. The topological polar surface area (TPSA) is 73.6 Å². The van der Waals surface area contributed by atoms with Crippen LogP contribution in [0.25, 0.3) is 0 Å². The molecule has 2 N–H and O–H groups in total. The monoisotopic (exact) mass is 173 g/mol. The Bertz CT molecular complexity index is 157. The van der Waals surface area contributed by atoms with Crippen molar-refractivity contribution in [2.75, 3.05) is 12.3 Å². The minimum absolute atomic E-state index is 0.0923. The van der Waals surface area contributed by atoms with E-state index in [1.807, 2.05) is 10.8 Å². The molecule has 0 aromatic rings. The van der Waals surface area contributed by atoms with Gasteiger partial charge in [0.1, 0.15) is 10.8 Å². The number of nitrogens with two attached hydrogens (primary N) is 1. The normalized spacial score (nSPS) is 11.5. The molecule has 0 saturated carbocycles. The SMILES string of the molecule is N#CSCC(CN)SC#N. The fourth-order valence-electron chi connectivity index (χ4n) is 0.355. The van der Waals surface area contributed by atoms with Crippen LogP contribution in [0.4, 0.5) is 0 Å². The van der Waals surface area contributed by atoms with E-state index in [0.29, 0.717) is 12.3 Å². The second kappa shape index (κ2) is 6.76. The van der Waals surface area contributed by atoms with Gasteiger partial charge >= 0.3 is 0 Å². The maximum Gasteiger partial charge on any atom is 0.133 e. The van der Waals surface area contributed by atoms with E-state index < -0.39 is 0 Å². The summed E-state index contributed by atoms with van der Waals surface area (Å²) < 4.78 is 0. The van der Waals surface area contributed by atoms with Crippen LogP contribution in [0.1, 0.15) is 0 Å². The van der Waals surface area contributed by atoms with Crippen molar-refractivity contribution in [2.24, 2.45) is 5.73 Å². The molecule has 0 fully saturated rings. The van der Waals surface area contributed by atoms with Crippen molar-refractivity contribution in [1.29, 1.82) is 10.5 Å². The number of hydrogen-bond acceptors (Lipinski definition) is 5. The number of hydrogen-bond donors (Lipinski definition) is 1. The third-order valence-corrected chi connectivity index (χ3v) is 2.52. The summed E-state index contributed by atoms with van der Waals surface area (Å²) >= 11 is 2.26. The summed E-state index contributed by atoms with van der Waals surface area (Å²) in [5, 5.41) is 20.4. The quantitative estimate of drug-likeness (QED) is 0.635. The van der Waals surface area contributed by atoms with E-state index in [2.05, 4.69) is 0 Å². The molecule has 0 radical (unpaired) electrons. The maximum absolute atomic E-state index is 8.23. The maximum atomic E-state index is 8.23. The van der Waals surface area contributed by atoms with Crippen molar-refractivity contribution in [3.8, 4) is 10.8 Å². The van der Waals surface area contributed by atoms with Gasteiger partial charge in [0.15, 0.2) is 0 Å². The molecule has 54 valence electrons. The van der Waals surface area contributed by atoms with E-state index in [1.54, 1.807) is 0 Å². The van der Waals surface area contributed by atoms with Gasteiger partial charge in [-0.1, -0.05) is 0 Å². The van der Waals surface area contributed by atoms with E-state index in [9.17, 15) is 0 Å². The Kier molecular flexibility index (Phi) is 6.51. The number of nitriles is 2. The molecule has 10 heavy (non-hydrogen) atoms. The molecule has 0 aromatic carbocycles. The molecule has 0 rings (SSSR count). The van der Waals surface area contributed by atoms with Crippen molar-refractivity contribution < 1.29 is 0 Å². The molecule has 0 aliphatic heterocycles. The number of rotatable bonds is 4. The minimum Gasteiger partial charge on any atom is -0.329 e. The molecular weight excluding hydrogens is 166 g/mol. The molecule has 5 heteroatoms. The summed E-state index contributed by atoms with van der Waals surface area (Å²) in [5.74, 6) is 0.630. The van der Waals surface area contributed by atoms with Crippen molar-refractivity contribution >= 4 is 23.5 Å². The van der Waals surface area contributed by atoms with Gasteiger partial charge in [0, 0.05) is 17.5 Å². The third kappa shape index (κ3) is 4.51. The predicted octanol–water partition coefficient (Wildman–Crippen LogP) is 0.742. The van der Waals surface area contributed by atoms with Crippen LogP contribution in [0, 0.1) is 21.3 Å². The van der Waals surface area contributed by atoms with Gasteiger partial charge < -0.3 is 5.73 Å². The highest BCUT2D eigenvalue weighted by Crippen LogP contribution is 2.12. The van der Waals surface area contributed by atoms with Gasteiger partial charge in [0.05, 0.1) is 0 Å². The molecule has 0 heterocycles. The lowest BCUT2D eigenvalue weighted by Crippen LogP contribution is -2.18. The average molecular weight is 173 g/mol.